The summed E-state index contributed by atoms with van der Waals surface area (Å²) < 4.78 is 0. The Morgan fingerprint density at radius 3 is 2.56 bits per heavy atom. The zero-order valence-corrected chi connectivity index (χ0v) is 16.4. The molecule has 0 saturated carbocycles. The molecule has 7 heteroatoms. The van der Waals surface area contributed by atoms with E-state index in [1.807, 2.05) is 31.2 Å². The van der Waals surface area contributed by atoms with Gasteiger partial charge >= 0.3 is 6.03 Å². The number of thioether (sulfide) groups is 1. The molecule has 1 spiro atoms. The molecule has 0 bridgehead atoms. The second-order valence-electron chi connectivity index (χ2n) is 7.81. The molecule has 3 fully saturated rings. The van der Waals surface area contributed by atoms with Crippen molar-refractivity contribution in [3.63, 3.8) is 0 Å². The fourth-order valence-corrected chi connectivity index (χ4v) is 5.45. The number of likely N-dealkylation sites (tertiary alicyclic amines) is 1. The summed E-state index contributed by atoms with van der Waals surface area (Å²) in [6, 6.07) is 7.46. The molecule has 1 aromatic carbocycles. The molecular formula is C20H25N3O3S. The number of piperidine rings is 1. The van der Waals surface area contributed by atoms with E-state index in [1.165, 1.54) is 4.90 Å². The number of nitrogens with zero attached hydrogens (tertiary/aromatic N) is 2. The average molecular weight is 388 g/mol. The summed E-state index contributed by atoms with van der Waals surface area (Å²) in [6.07, 6.45) is 2.24. The lowest BCUT2D eigenvalue weighted by molar-refractivity contribution is -0.132. The van der Waals surface area contributed by atoms with Crippen molar-refractivity contribution >= 4 is 29.5 Å². The highest BCUT2D eigenvalue weighted by atomic mass is 32.2. The highest BCUT2D eigenvalue weighted by Gasteiger charge is 2.53. The predicted molar refractivity (Wildman–Crippen MR) is 105 cm³/mol. The number of benzene rings is 1. The molecule has 3 aliphatic heterocycles. The molecule has 3 amide bonds. The maximum atomic E-state index is 12.7. The normalized spacial score (nSPS) is 26.8. The van der Waals surface area contributed by atoms with Gasteiger partial charge in [-0.2, -0.15) is 11.8 Å². The van der Waals surface area contributed by atoms with Crippen molar-refractivity contribution in [1.29, 1.82) is 0 Å². The summed E-state index contributed by atoms with van der Waals surface area (Å²) in [4.78, 5) is 41.2. The van der Waals surface area contributed by atoms with Gasteiger partial charge < -0.3 is 5.32 Å². The van der Waals surface area contributed by atoms with Crippen molar-refractivity contribution in [3.05, 3.63) is 35.4 Å². The van der Waals surface area contributed by atoms with Gasteiger partial charge in [0.1, 0.15) is 5.54 Å². The van der Waals surface area contributed by atoms with E-state index in [4.69, 9.17) is 0 Å². The van der Waals surface area contributed by atoms with Crippen molar-refractivity contribution in [3.8, 4) is 0 Å². The first-order chi connectivity index (χ1) is 13.0. The topological polar surface area (TPSA) is 69.7 Å². The predicted octanol–water partition coefficient (Wildman–Crippen LogP) is 2.27. The lowest BCUT2D eigenvalue weighted by Gasteiger charge is -2.33. The third-order valence-electron chi connectivity index (χ3n) is 5.90. The van der Waals surface area contributed by atoms with Crippen molar-refractivity contribution in [2.24, 2.45) is 5.92 Å². The second kappa shape index (κ2) is 7.28. The smallest absolute Gasteiger partial charge is 0.322 e. The molecular weight excluding hydrogens is 362 g/mol. The highest BCUT2D eigenvalue weighted by molar-refractivity contribution is 7.99. The van der Waals surface area contributed by atoms with E-state index >= 15 is 0 Å². The quantitative estimate of drug-likeness (QED) is 0.634. The van der Waals surface area contributed by atoms with Crippen molar-refractivity contribution in [2.75, 3.05) is 31.3 Å². The number of ketones is 1. The van der Waals surface area contributed by atoms with Crippen molar-refractivity contribution < 1.29 is 14.4 Å². The summed E-state index contributed by atoms with van der Waals surface area (Å²) in [5, 5.41) is 2.91. The van der Waals surface area contributed by atoms with Crippen LogP contribution in [-0.2, 0) is 4.79 Å². The first-order valence-corrected chi connectivity index (χ1v) is 10.7. The largest absolute Gasteiger partial charge is 0.326 e. The second-order valence-corrected chi connectivity index (χ2v) is 8.92. The SMILES string of the molecule is Cc1ccc(C(=O)C2CCN(CN3C(=O)NC4(CCSC4)C3=O)CC2)cc1. The first-order valence-electron chi connectivity index (χ1n) is 9.54. The van der Waals surface area contributed by atoms with Crippen LogP contribution in [0, 0.1) is 12.8 Å². The van der Waals surface area contributed by atoms with Gasteiger partial charge in [-0.05, 0) is 31.9 Å². The molecule has 1 unspecified atom stereocenters. The van der Waals surface area contributed by atoms with E-state index in [-0.39, 0.29) is 23.6 Å². The maximum Gasteiger partial charge on any atom is 0.326 e. The van der Waals surface area contributed by atoms with Gasteiger partial charge in [-0.25, -0.2) is 9.69 Å². The van der Waals surface area contributed by atoms with E-state index in [0.29, 0.717) is 18.8 Å². The fourth-order valence-electron chi connectivity index (χ4n) is 4.13. The number of Topliss-reactive ketones (excluding diaryl/α,β-unsaturated/α-hetero) is 1. The van der Waals surface area contributed by atoms with Gasteiger partial charge in [-0.3, -0.25) is 14.5 Å². The van der Waals surface area contributed by atoms with Crippen LogP contribution >= 0.6 is 11.8 Å². The van der Waals surface area contributed by atoms with Gasteiger partial charge in [0, 0.05) is 30.3 Å². The van der Waals surface area contributed by atoms with E-state index in [2.05, 4.69) is 10.2 Å². The summed E-state index contributed by atoms with van der Waals surface area (Å²) in [5.41, 5.74) is 1.24. The standard InChI is InChI=1S/C20H25N3O3S/c1-14-2-4-15(5-3-14)17(24)16-6-9-22(10-7-16)13-23-18(25)20(21-19(23)26)8-11-27-12-20/h2-5,16H,6-13H2,1H3,(H,21,26). The first kappa shape index (κ1) is 18.5. The summed E-state index contributed by atoms with van der Waals surface area (Å²) in [6.45, 7) is 3.78. The van der Waals surface area contributed by atoms with E-state index in [9.17, 15) is 14.4 Å². The molecule has 4 rings (SSSR count). The van der Waals surface area contributed by atoms with Gasteiger partial charge in [0.15, 0.2) is 5.78 Å². The molecule has 1 atom stereocenters. The van der Waals surface area contributed by atoms with Crippen LogP contribution in [0.2, 0.25) is 0 Å². The van der Waals surface area contributed by atoms with Crippen molar-refractivity contribution in [1.82, 2.24) is 15.1 Å². The third kappa shape index (κ3) is 3.50. The lowest BCUT2D eigenvalue weighted by Crippen LogP contribution is -2.49. The Hall–Kier alpha value is -1.86. The van der Waals surface area contributed by atoms with Gasteiger partial charge in [0.2, 0.25) is 0 Å². The van der Waals surface area contributed by atoms with Gasteiger partial charge in [0.25, 0.3) is 5.91 Å². The Labute approximate surface area is 163 Å². The van der Waals surface area contributed by atoms with Crippen LogP contribution in [0.25, 0.3) is 0 Å². The van der Waals surface area contributed by atoms with E-state index < -0.39 is 5.54 Å². The lowest BCUT2D eigenvalue weighted by atomic mass is 9.89. The van der Waals surface area contributed by atoms with Crippen LogP contribution in [0.5, 0.6) is 0 Å². The number of carbonyl (C=O) groups excluding carboxylic acids is 3. The van der Waals surface area contributed by atoms with Crippen LogP contribution in [-0.4, -0.2) is 64.3 Å². The Morgan fingerprint density at radius 2 is 1.93 bits per heavy atom. The van der Waals surface area contributed by atoms with Crippen LogP contribution in [0.4, 0.5) is 4.79 Å². The number of hydrogen-bond acceptors (Lipinski definition) is 5. The number of aryl methyl sites for hydroxylation is 1. The highest BCUT2D eigenvalue weighted by Crippen LogP contribution is 2.33. The van der Waals surface area contributed by atoms with Gasteiger partial charge in [-0.15, -0.1) is 0 Å². The molecule has 1 aromatic rings. The molecule has 3 aliphatic rings. The van der Waals surface area contributed by atoms with Gasteiger partial charge in [0.05, 0.1) is 6.67 Å². The van der Waals surface area contributed by atoms with Crippen LogP contribution in [0.15, 0.2) is 24.3 Å². The Bertz CT molecular complexity index is 750. The average Bonchev–Trinajstić information content (AvgIpc) is 3.23. The maximum absolute atomic E-state index is 12.7. The minimum absolute atomic E-state index is 0.0182. The Morgan fingerprint density at radius 1 is 1.22 bits per heavy atom. The monoisotopic (exact) mass is 387 g/mol. The minimum atomic E-state index is -0.679. The molecule has 27 heavy (non-hydrogen) atoms. The fraction of sp³-hybridized carbons (Fsp3) is 0.550. The summed E-state index contributed by atoms with van der Waals surface area (Å²) in [7, 11) is 0. The molecule has 3 saturated heterocycles. The van der Waals surface area contributed by atoms with E-state index in [0.717, 1.165) is 42.8 Å². The van der Waals surface area contributed by atoms with Crippen LogP contribution in [0.1, 0.15) is 35.2 Å². The molecule has 6 nitrogen and oxygen atoms in total. The number of rotatable bonds is 4. The Kier molecular flexibility index (Phi) is 4.99. The Balaban J connectivity index is 1.33. The molecule has 1 N–H and O–H groups in total. The van der Waals surface area contributed by atoms with E-state index in [1.54, 1.807) is 11.8 Å². The van der Waals surface area contributed by atoms with Crippen LogP contribution < -0.4 is 5.32 Å². The molecule has 0 aliphatic carbocycles. The molecule has 144 valence electrons. The molecule has 0 aromatic heterocycles. The molecule has 3 heterocycles. The zero-order valence-electron chi connectivity index (χ0n) is 15.6. The third-order valence-corrected chi connectivity index (χ3v) is 7.09. The van der Waals surface area contributed by atoms with Gasteiger partial charge in [-0.1, -0.05) is 29.8 Å². The number of urea groups is 1. The molecule has 0 radical (unpaired) electrons. The minimum Gasteiger partial charge on any atom is -0.322 e. The number of nitrogens with one attached hydrogen (secondary N) is 1. The summed E-state index contributed by atoms with van der Waals surface area (Å²) >= 11 is 1.71. The zero-order chi connectivity index (χ0) is 19.0. The van der Waals surface area contributed by atoms with Crippen LogP contribution in [0.3, 0.4) is 0 Å². The number of carbonyl (C=O) groups is 3. The number of imide groups is 1. The number of amides is 3. The van der Waals surface area contributed by atoms with Crippen molar-refractivity contribution in [2.45, 2.75) is 31.7 Å². The summed E-state index contributed by atoms with van der Waals surface area (Å²) in [5.74, 6) is 1.71. The number of hydrogen-bond donors (Lipinski definition) is 1.